The molecule has 1 aromatic rings. The molecular weight excluding hydrogens is 1150 g/mol. The van der Waals surface area contributed by atoms with Crippen LogP contribution >= 0.6 is 15.0 Å². The Balaban J connectivity index is 1.23. The second kappa shape index (κ2) is 30.7. The summed E-state index contributed by atoms with van der Waals surface area (Å²) in [6.07, 6.45) is 8.55. The molecule has 0 radical (unpaired) electrons. The standard InChI is InChI=1S/C62H93N3O19P2/c1-37-16-13-12-14-17-38(2)51(79-9)34-45-23-19-42(6)62(73,84-45)58(69)59(70)65-27-15-18-47-48(52(82-60(71)54(47)65)35-49(66)39(3)31-41(5)56(68)57(81-11)55(67)40(4)30-37)32-43-20-26-50(53(33-43)80-10)83-61(72)64(8)29-28-63(7)44-21-24-46(25-22-44)85(74,75)36-86(76,77)78/h12-14,16-17,21-22,24-25,31,37,39-40,42-43,45,47-48,50-54,56-57,68,73H,15,18-20,23,26-30,32-36H2,1-11H3,(H,74,75)(H2,76,77,78)/b14-12+,16-13+,38-17+,41-31+/t37-,39?,40?,42?,43?,45+,47-,48?,50-,51+,52+,53?,54?,56?,57+,62?/m1/s1. The highest BCUT2D eigenvalue weighted by molar-refractivity contribution is 7.77. The van der Waals surface area contributed by atoms with Crippen LogP contribution in [0.25, 0.3) is 0 Å². The summed E-state index contributed by atoms with van der Waals surface area (Å²) in [5.41, 5.74) is 1.82. The number of anilines is 1. The third kappa shape index (κ3) is 17.8. The number of ketones is 3. The van der Waals surface area contributed by atoms with E-state index in [2.05, 4.69) is 0 Å². The van der Waals surface area contributed by atoms with Gasteiger partial charge in [-0.25, -0.2) is 9.59 Å². The van der Waals surface area contributed by atoms with Crippen LogP contribution in [0.1, 0.15) is 112 Å². The number of carbonyl (C=O) groups excluding carboxylic acids is 6. The highest BCUT2D eigenvalue weighted by Gasteiger charge is 2.57. The van der Waals surface area contributed by atoms with E-state index < -0.39 is 129 Å². The Morgan fingerprint density at radius 3 is 2.17 bits per heavy atom. The summed E-state index contributed by atoms with van der Waals surface area (Å²) in [5.74, 6) is -10.6. The number of ether oxygens (including phenoxy) is 6. The van der Waals surface area contributed by atoms with E-state index in [-0.39, 0.29) is 54.6 Å². The summed E-state index contributed by atoms with van der Waals surface area (Å²) >= 11 is 0. The molecule has 1 aromatic carbocycles. The Bertz CT molecular complexity index is 2780. The first kappa shape index (κ1) is 70.4. The minimum Gasteiger partial charge on any atom is -0.460 e. The zero-order valence-corrected chi connectivity index (χ0v) is 53.5. The average molecular weight is 1250 g/mol. The number of carbonyl (C=O) groups is 6. The van der Waals surface area contributed by atoms with Crippen LogP contribution in [-0.2, 0) is 61.5 Å². The molecule has 6 rings (SSSR count). The van der Waals surface area contributed by atoms with Crippen LogP contribution in [0.15, 0.2) is 71.9 Å². The molecule has 1 aliphatic carbocycles. The van der Waals surface area contributed by atoms with E-state index in [1.165, 1.54) is 36.2 Å². The van der Waals surface area contributed by atoms with Gasteiger partial charge in [-0.3, -0.25) is 28.3 Å². The number of likely N-dealkylation sites (N-methyl/N-ethyl adjacent to an activating group) is 2. The van der Waals surface area contributed by atoms with Crippen LogP contribution in [0, 0.1) is 41.4 Å². The van der Waals surface area contributed by atoms with Crippen LogP contribution in [-0.4, -0.2) is 186 Å². The Kier molecular flexibility index (Phi) is 25.1. The molecule has 480 valence electrons. The molecule has 22 nitrogen and oxygen atoms in total. The molecule has 4 fully saturated rings. The number of rotatable bonds is 13. The summed E-state index contributed by atoms with van der Waals surface area (Å²) in [5, 5.41) is 23.7. The van der Waals surface area contributed by atoms with Crippen molar-refractivity contribution < 1.29 is 91.2 Å². The van der Waals surface area contributed by atoms with Gasteiger partial charge in [-0.2, -0.15) is 0 Å². The van der Waals surface area contributed by atoms with Crippen LogP contribution < -0.4 is 10.2 Å². The van der Waals surface area contributed by atoms with E-state index in [0.717, 1.165) is 5.57 Å². The number of hydrogen-bond acceptors (Lipinski definition) is 17. The fourth-order valence-electron chi connectivity index (χ4n) is 13.1. The van der Waals surface area contributed by atoms with Crippen molar-refractivity contribution in [3.05, 3.63) is 71.9 Å². The molecule has 17 atom stereocenters. The largest absolute Gasteiger partial charge is 0.460 e. The normalized spacial score (nSPS) is 35.9. The second-order valence-corrected chi connectivity index (χ2v) is 29.1. The van der Waals surface area contributed by atoms with E-state index in [4.69, 9.17) is 28.4 Å². The highest BCUT2D eigenvalue weighted by Crippen LogP contribution is 2.54. The molecule has 10 unspecified atom stereocenters. The van der Waals surface area contributed by atoms with Crippen molar-refractivity contribution in [3.8, 4) is 0 Å². The molecule has 2 amide bonds. The summed E-state index contributed by atoms with van der Waals surface area (Å²) in [6, 6.07) is 4.54. The Labute approximate surface area is 506 Å². The molecule has 5 N–H and O–H groups in total. The number of amides is 2. The van der Waals surface area contributed by atoms with Gasteiger partial charge >= 0.3 is 19.7 Å². The summed E-state index contributed by atoms with van der Waals surface area (Å²) < 4.78 is 60.1. The number of piperidine rings is 1. The molecular formula is C62H93N3O19P2. The fourth-order valence-corrected chi connectivity index (χ4v) is 16.3. The van der Waals surface area contributed by atoms with Crippen LogP contribution in [0.4, 0.5) is 10.5 Å². The van der Waals surface area contributed by atoms with Crippen LogP contribution in [0.3, 0.4) is 0 Å². The number of hydrogen-bond donors (Lipinski definition) is 5. The van der Waals surface area contributed by atoms with Crippen molar-refractivity contribution in [2.75, 3.05) is 65.9 Å². The van der Waals surface area contributed by atoms with Crippen LogP contribution in [0.2, 0.25) is 0 Å². The number of aliphatic hydroxyl groups excluding tert-OH is 1. The van der Waals surface area contributed by atoms with E-state index in [1.54, 1.807) is 72.0 Å². The topological polar surface area (TPSA) is 303 Å². The maximum atomic E-state index is 14.7. The highest BCUT2D eigenvalue weighted by atomic mass is 31.2. The monoisotopic (exact) mass is 1250 g/mol. The van der Waals surface area contributed by atoms with Crippen molar-refractivity contribution >= 4 is 61.3 Å². The number of Topliss-reactive ketones (excluding diaryl/α,β-unsaturated/α-hetero) is 3. The fraction of sp³-hybridized carbons (Fsp3) is 0.677. The lowest BCUT2D eigenvalue weighted by Gasteiger charge is -2.50. The molecule has 0 spiro atoms. The van der Waals surface area contributed by atoms with Crippen molar-refractivity contribution in [2.45, 2.75) is 167 Å². The summed E-state index contributed by atoms with van der Waals surface area (Å²) in [6.45, 7) is 11.2. The van der Waals surface area contributed by atoms with E-state index in [9.17, 15) is 62.8 Å². The minimum absolute atomic E-state index is 0.0193. The molecule has 86 heavy (non-hydrogen) atoms. The number of methoxy groups -OCH3 is 3. The van der Waals surface area contributed by atoms with Gasteiger partial charge in [-0.05, 0) is 125 Å². The van der Waals surface area contributed by atoms with Gasteiger partial charge in [0, 0.05) is 103 Å². The number of esters is 1. The zero-order chi connectivity index (χ0) is 63.6. The van der Waals surface area contributed by atoms with Gasteiger partial charge in [0.05, 0.1) is 18.3 Å². The summed E-state index contributed by atoms with van der Waals surface area (Å²) in [7, 11) is -1.28. The quantitative estimate of drug-likeness (QED) is 0.0598. The lowest BCUT2D eigenvalue weighted by Crippen LogP contribution is -2.65. The molecule has 4 bridgehead atoms. The molecule has 1 saturated carbocycles. The van der Waals surface area contributed by atoms with Crippen molar-refractivity contribution in [3.63, 3.8) is 0 Å². The van der Waals surface area contributed by atoms with Gasteiger partial charge in [-0.1, -0.05) is 64.2 Å². The van der Waals surface area contributed by atoms with Crippen LogP contribution in [0.5, 0.6) is 0 Å². The number of nitrogens with zero attached hydrogens (tertiary/aromatic N) is 3. The SMILES string of the molecule is COC1CC(CC2[C@H]3CCCN4C(=O)C(=O)C5(O)O[C@@H](CCC5C)C[C@H](OC)/C(C)=C/C=C/C=C/[C@@H](C)CC(C)C(=O)[C@H](OC)C(O)/C(C)=C/C(C)C(=O)C[C@@H]2OC(=O)C34)CC[C@H]1OC(=O)N(C)CCN(C)c1ccc(P(=O)(O)CP(=O)(O)O)cc1. The summed E-state index contributed by atoms with van der Waals surface area (Å²) in [4.78, 5) is 119. The van der Waals surface area contributed by atoms with Gasteiger partial charge < -0.3 is 68.0 Å². The first-order valence-electron chi connectivity index (χ1n) is 30.0. The van der Waals surface area contributed by atoms with Gasteiger partial charge in [0.1, 0.15) is 42.1 Å². The smallest absolute Gasteiger partial charge is 0.409 e. The Morgan fingerprint density at radius 1 is 0.826 bits per heavy atom. The van der Waals surface area contributed by atoms with Gasteiger partial charge in [0.15, 0.2) is 5.78 Å². The van der Waals surface area contributed by atoms with Gasteiger partial charge in [0.2, 0.25) is 13.2 Å². The predicted octanol–water partition coefficient (Wildman–Crippen LogP) is 6.64. The molecule has 3 saturated heterocycles. The van der Waals surface area contributed by atoms with Crippen molar-refractivity contribution in [1.29, 1.82) is 0 Å². The Hall–Kier alpha value is -4.70. The van der Waals surface area contributed by atoms with E-state index in [1.807, 2.05) is 44.2 Å². The van der Waals surface area contributed by atoms with Gasteiger partial charge in [0.25, 0.3) is 11.7 Å². The van der Waals surface area contributed by atoms with Gasteiger partial charge in [-0.15, -0.1) is 0 Å². The number of benzene rings is 1. The average Bonchev–Trinajstić information content (AvgIpc) is 0.809. The molecule has 0 aromatic heterocycles. The minimum atomic E-state index is -4.75. The van der Waals surface area contributed by atoms with Crippen molar-refractivity contribution in [2.24, 2.45) is 41.4 Å². The number of fused-ring (bicyclic) bond motifs is 4. The third-order valence-electron chi connectivity index (χ3n) is 18.3. The lowest BCUT2D eigenvalue weighted by molar-refractivity contribution is -0.266. The molecule has 5 aliphatic rings. The molecule has 4 aliphatic heterocycles. The Morgan fingerprint density at radius 2 is 1.52 bits per heavy atom. The maximum absolute atomic E-state index is 14.7. The van der Waals surface area contributed by atoms with E-state index in [0.29, 0.717) is 75.6 Å². The lowest BCUT2D eigenvalue weighted by atomic mass is 9.68. The number of allylic oxidation sites excluding steroid dienone is 6. The second-order valence-electron chi connectivity index (χ2n) is 24.7. The van der Waals surface area contributed by atoms with E-state index >= 15 is 0 Å². The molecule has 24 heteroatoms. The zero-order valence-electron chi connectivity index (χ0n) is 51.7. The van der Waals surface area contributed by atoms with Crippen molar-refractivity contribution in [1.82, 2.24) is 9.80 Å². The molecule has 4 heterocycles. The third-order valence-corrected chi connectivity index (χ3v) is 22.4. The first-order chi connectivity index (χ1) is 40.4. The first-order valence-corrected chi connectivity index (χ1v) is 33.7. The maximum Gasteiger partial charge on any atom is 0.409 e. The predicted molar refractivity (Wildman–Crippen MR) is 321 cm³/mol. The number of aliphatic hydroxyl groups is 2.